The van der Waals surface area contributed by atoms with Gasteiger partial charge in [-0.15, -0.1) is 0 Å². The molecule has 0 spiro atoms. The van der Waals surface area contributed by atoms with Crippen LogP contribution in [0.4, 0.5) is 0 Å². The van der Waals surface area contributed by atoms with Crippen LogP contribution in [-0.4, -0.2) is 49.0 Å². The molecule has 0 bridgehead atoms. The van der Waals surface area contributed by atoms with E-state index in [0.29, 0.717) is 13.2 Å². The first-order valence-electron chi connectivity index (χ1n) is 7.74. The quantitative estimate of drug-likeness (QED) is 0.875. The molecule has 1 saturated heterocycles. The molecule has 4 nitrogen and oxygen atoms in total. The minimum absolute atomic E-state index is 0.0865. The summed E-state index contributed by atoms with van der Waals surface area (Å²) >= 11 is 0. The average molecular weight is 293 g/mol. The summed E-state index contributed by atoms with van der Waals surface area (Å²) < 4.78 is 11.0. The minimum atomic E-state index is -0.472. The van der Waals surface area contributed by atoms with E-state index >= 15 is 0 Å². The van der Waals surface area contributed by atoms with Gasteiger partial charge in [0.1, 0.15) is 5.75 Å². The zero-order valence-corrected chi connectivity index (χ0v) is 13.3. The Bertz CT molecular complexity index is 434. The Morgan fingerprint density at radius 2 is 2.05 bits per heavy atom. The number of aliphatic hydroxyl groups excluding tert-OH is 1. The van der Waals surface area contributed by atoms with Crippen LogP contribution in [0.5, 0.6) is 5.75 Å². The second-order valence-electron chi connectivity index (χ2n) is 6.01. The number of piperidine rings is 1. The zero-order valence-electron chi connectivity index (χ0n) is 13.3. The molecule has 1 N–H and O–H groups in total. The van der Waals surface area contributed by atoms with Gasteiger partial charge in [-0.2, -0.15) is 0 Å². The minimum Gasteiger partial charge on any atom is -0.494 e. The number of rotatable bonds is 6. The molecule has 0 radical (unpaired) electrons. The first-order chi connectivity index (χ1) is 10.1. The van der Waals surface area contributed by atoms with Crippen molar-refractivity contribution in [2.24, 2.45) is 0 Å². The van der Waals surface area contributed by atoms with Crippen LogP contribution in [0.25, 0.3) is 0 Å². The molecule has 1 aromatic carbocycles. The lowest BCUT2D eigenvalue weighted by molar-refractivity contribution is -0.0586. The van der Waals surface area contributed by atoms with Gasteiger partial charge in [0.15, 0.2) is 0 Å². The number of nitrogens with zero attached hydrogens (tertiary/aromatic N) is 1. The van der Waals surface area contributed by atoms with Crippen molar-refractivity contribution < 1.29 is 14.6 Å². The SMILES string of the molecule is CCOc1ccc(C(O)CN2CCCC(C)(OC)C2)cc1. The fourth-order valence-corrected chi connectivity index (χ4v) is 2.93. The lowest BCUT2D eigenvalue weighted by Gasteiger charge is -2.40. The fraction of sp³-hybridized carbons (Fsp3) is 0.647. The van der Waals surface area contributed by atoms with Crippen molar-refractivity contribution >= 4 is 0 Å². The Hall–Kier alpha value is -1.10. The second-order valence-corrected chi connectivity index (χ2v) is 6.01. The van der Waals surface area contributed by atoms with Crippen molar-refractivity contribution in [2.75, 3.05) is 33.4 Å². The van der Waals surface area contributed by atoms with Gasteiger partial charge in [0.05, 0.1) is 18.3 Å². The largest absolute Gasteiger partial charge is 0.494 e. The maximum Gasteiger partial charge on any atom is 0.119 e. The molecule has 1 heterocycles. The molecule has 0 amide bonds. The van der Waals surface area contributed by atoms with Crippen LogP contribution in [0.1, 0.15) is 38.4 Å². The van der Waals surface area contributed by atoms with E-state index in [0.717, 1.165) is 37.2 Å². The lowest BCUT2D eigenvalue weighted by Crippen LogP contribution is -2.48. The normalized spacial score (nSPS) is 24.8. The van der Waals surface area contributed by atoms with E-state index in [-0.39, 0.29) is 5.60 Å². The van der Waals surface area contributed by atoms with Crippen molar-refractivity contribution in [3.05, 3.63) is 29.8 Å². The molecular weight excluding hydrogens is 266 g/mol. The van der Waals surface area contributed by atoms with Crippen LogP contribution in [0, 0.1) is 0 Å². The molecule has 2 unspecified atom stereocenters. The maximum absolute atomic E-state index is 10.4. The highest BCUT2D eigenvalue weighted by atomic mass is 16.5. The molecule has 0 aromatic heterocycles. The smallest absolute Gasteiger partial charge is 0.119 e. The van der Waals surface area contributed by atoms with Crippen LogP contribution in [0.15, 0.2) is 24.3 Å². The van der Waals surface area contributed by atoms with Gasteiger partial charge < -0.3 is 14.6 Å². The van der Waals surface area contributed by atoms with Gasteiger partial charge >= 0.3 is 0 Å². The summed E-state index contributed by atoms with van der Waals surface area (Å²) in [7, 11) is 1.77. The standard InChI is InChI=1S/C17H27NO3/c1-4-21-15-8-6-14(7-9-15)16(19)12-18-11-5-10-17(2,13-18)20-3/h6-9,16,19H,4-5,10-13H2,1-3H3. The van der Waals surface area contributed by atoms with E-state index in [2.05, 4.69) is 11.8 Å². The van der Waals surface area contributed by atoms with Crippen LogP contribution in [-0.2, 0) is 4.74 Å². The van der Waals surface area contributed by atoms with Crippen LogP contribution < -0.4 is 4.74 Å². The fourth-order valence-electron chi connectivity index (χ4n) is 2.93. The Morgan fingerprint density at radius 1 is 1.33 bits per heavy atom. The van der Waals surface area contributed by atoms with Crippen molar-refractivity contribution in [3.8, 4) is 5.75 Å². The number of aliphatic hydroxyl groups is 1. The highest BCUT2D eigenvalue weighted by molar-refractivity contribution is 5.28. The van der Waals surface area contributed by atoms with E-state index in [1.165, 1.54) is 0 Å². The first-order valence-corrected chi connectivity index (χ1v) is 7.74. The van der Waals surface area contributed by atoms with Crippen LogP contribution in [0.3, 0.4) is 0 Å². The third kappa shape index (κ3) is 4.43. The monoisotopic (exact) mass is 293 g/mol. The van der Waals surface area contributed by atoms with E-state index < -0.39 is 6.10 Å². The van der Waals surface area contributed by atoms with Gasteiger partial charge in [-0.05, 0) is 50.9 Å². The third-order valence-electron chi connectivity index (χ3n) is 4.24. The molecule has 2 rings (SSSR count). The summed E-state index contributed by atoms with van der Waals surface area (Å²) in [4.78, 5) is 2.29. The van der Waals surface area contributed by atoms with E-state index in [4.69, 9.17) is 9.47 Å². The summed E-state index contributed by atoms with van der Waals surface area (Å²) in [5.41, 5.74) is 0.847. The summed E-state index contributed by atoms with van der Waals surface area (Å²) in [6, 6.07) is 7.71. The molecule has 21 heavy (non-hydrogen) atoms. The molecule has 1 aromatic rings. The van der Waals surface area contributed by atoms with Crippen molar-refractivity contribution in [3.63, 3.8) is 0 Å². The summed E-state index contributed by atoms with van der Waals surface area (Å²) in [6.45, 7) is 7.30. The molecule has 1 fully saturated rings. The molecule has 1 aliphatic heterocycles. The highest BCUT2D eigenvalue weighted by Gasteiger charge is 2.31. The Morgan fingerprint density at radius 3 is 2.67 bits per heavy atom. The molecule has 118 valence electrons. The van der Waals surface area contributed by atoms with Crippen LogP contribution in [0.2, 0.25) is 0 Å². The van der Waals surface area contributed by atoms with Crippen LogP contribution >= 0.6 is 0 Å². The molecular formula is C17H27NO3. The van der Waals surface area contributed by atoms with Gasteiger partial charge in [-0.3, -0.25) is 4.90 Å². The van der Waals surface area contributed by atoms with Crippen molar-refractivity contribution in [1.29, 1.82) is 0 Å². The highest BCUT2D eigenvalue weighted by Crippen LogP contribution is 2.26. The Balaban J connectivity index is 1.92. The molecule has 4 heteroatoms. The molecule has 2 atom stereocenters. The molecule has 0 saturated carbocycles. The van der Waals surface area contributed by atoms with Gasteiger partial charge in [-0.1, -0.05) is 12.1 Å². The van der Waals surface area contributed by atoms with Gasteiger partial charge in [0.25, 0.3) is 0 Å². The Kier molecular flexibility index (Phi) is 5.62. The molecule has 0 aliphatic carbocycles. The Labute approximate surface area is 127 Å². The molecule has 1 aliphatic rings. The number of hydrogen-bond acceptors (Lipinski definition) is 4. The maximum atomic E-state index is 10.4. The average Bonchev–Trinajstić information content (AvgIpc) is 2.48. The van der Waals surface area contributed by atoms with E-state index in [1.54, 1.807) is 7.11 Å². The number of benzene rings is 1. The number of ether oxygens (including phenoxy) is 2. The van der Waals surface area contributed by atoms with E-state index in [1.807, 2.05) is 31.2 Å². The summed E-state index contributed by atoms with van der Waals surface area (Å²) in [6.07, 6.45) is 1.72. The number of methoxy groups -OCH3 is 1. The topological polar surface area (TPSA) is 41.9 Å². The predicted molar refractivity (Wildman–Crippen MR) is 83.7 cm³/mol. The summed E-state index contributed by atoms with van der Waals surface area (Å²) in [5.74, 6) is 0.846. The lowest BCUT2D eigenvalue weighted by atomic mass is 9.94. The van der Waals surface area contributed by atoms with E-state index in [9.17, 15) is 5.11 Å². The predicted octanol–water partition coefficient (Wildman–Crippen LogP) is 2.62. The van der Waals surface area contributed by atoms with Gasteiger partial charge in [-0.25, -0.2) is 0 Å². The number of likely N-dealkylation sites (tertiary alicyclic amines) is 1. The third-order valence-corrected chi connectivity index (χ3v) is 4.24. The first kappa shape index (κ1) is 16.3. The summed E-state index contributed by atoms with van der Waals surface area (Å²) in [5, 5.41) is 10.4. The number of β-amino-alcohol motifs (C(OH)–C–C–N with tert-alkyl or cyclic N) is 1. The second kappa shape index (κ2) is 7.25. The van der Waals surface area contributed by atoms with Gasteiger partial charge in [0.2, 0.25) is 0 Å². The van der Waals surface area contributed by atoms with Gasteiger partial charge in [0, 0.05) is 20.2 Å². The zero-order chi connectivity index (χ0) is 15.3. The van der Waals surface area contributed by atoms with Crippen molar-refractivity contribution in [1.82, 2.24) is 4.90 Å². The number of hydrogen-bond donors (Lipinski definition) is 1. The van der Waals surface area contributed by atoms with Crippen molar-refractivity contribution in [2.45, 2.75) is 38.4 Å².